The molecule has 1 aromatic carbocycles. The minimum Gasteiger partial charge on any atom is -0.474 e. The number of hydrogen-bond acceptors (Lipinski definition) is 5. The summed E-state index contributed by atoms with van der Waals surface area (Å²) in [6.45, 7) is 2.48. The first-order chi connectivity index (χ1) is 13.6. The van der Waals surface area contributed by atoms with Gasteiger partial charge in [0, 0.05) is 24.4 Å². The Hall–Kier alpha value is -3.42. The molecule has 2 atom stereocenters. The molecule has 0 spiro atoms. The monoisotopic (exact) mass is 379 g/mol. The van der Waals surface area contributed by atoms with E-state index >= 15 is 0 Å². The van der Waals surface area contributed by atoms with E-state index in [1.165, 1.54) is 16.9 Å². The van der Waals surface area contributed by atoms with Gasteiger partial charge in [0.15, 0.2) is 11.3 Å². The van der Waals surface area contributed by atoms with Gasteiger partial charge in [-0.3, -0.25) is 9.59 Å². The number of para-hydroxylation sites is 1. The van der Waals surface area contributed by atoms with Crippen molar-refractivity contribution in [1.29, 1.82) is 0 Å². The van der Waals surface area contributed by atoms with Crippen molar-refractivity contribution in [2.75, 3.05) is 6.54 Å². The summed E-state index contributed by atoms with van der Waals surface area (Å²) in [5.74, 6) is 0.329. The zero-order valence-electron chi connectivity index (χ0n) is 15.5. The number of rotatable bonds is 4. The molecule has 0 saturated carbocycles. The van der Waals surface area contributed by atoms with Crippen LogP contribution < -0.4 is 10.2 Å². The molecule has 4 rings (SSSR count). The number of nitrogens with zero attached hydrogens (tertiary/aromatic N) is 4. The summed E-state index contributed by atoms with van der Waals surface area (Å²) >= 11 is 0. The lowest BCUT2D eigenvalue weighted by Crippen LogP contribution is -2.49. The van der Waals surface area contributed by atoms with Crippen molar-refractivity contribution in [3.8, 4) is 11.6 Å². The van der Waals surface area contributed by atoms with E-state index < -0.39 is 0 Å². The molecule has 2 aromatic heterocycles. The second-order valence-electron chi connectivity index (χ2n) is 6.85. The van der Waals surface area contributed by atoms with Crippen LogP contribution in [0.4, 0.5) is 0 Å². The van der Waals surface area contributed by atoms with Crippen molar-refractivity contribution in [1.82, 2.24) is 24.9 Å². The van der Waals surface area contributed by atoms with E-state index in [2.05, 4.69) is 15.2 Å². The predicted octanol–water partition coefficient (Wildman–Crippen LogP) is 2.03. The number of piperidine rings is 1. The van der Waals surface area contributed by atoms with Crippen molar-refractivity contribution < 1.29 is 9.53 Å². The molecule has 8 heteroatoms. The molecule has 0 radical (unpaired) electrons. The zero-order valence-corrected chi connectivity index (χ0v) is 15.5. The SMILES string of the molecule is C[C@@H]1CC[C@@H](Oc2cc(=O)cc[nH]2)CN1C(=O)c1ccccc1-n1nccn1. The van der Waals surface area contributed by atoms with Crippen LogP contribution in [-0.4, -0.2) is 49.5 Å². The Morgan fingerprint density at radius 3 is 2.75 bits per heavy atom. The second kappa shape index (κ2) is 7.67. The molecule has 0 unspecified atom stereocenters. The molecule has 8 nitrogen and oxygen atoms in total. The number of H-pyrrole nitrogens is 1. The van der Waals surface area contributed by atoms with Gasteiger partial charge in [-0.15, -0.1) is 0 Å². The molecule has 28 heavy (non-hydrogen) atoms. The highest BCUT2D eigenvalue weighted by molar-refractivity contribution is 5.98. The molecular formula is C20H21N5O3. The molecule has 0 bridgehead atoms. The summed E-state index contributed by atoms with van der Waals surface area (Å²) in [7, 11) is 0. The molecule has 1 aliphatic heterocycles. The normalized spacial score (nSPS) is 19.4. The highest BCUT2D eigenvalue weighted by atomic mass is 16.5. The summed E-state index contributed by atoms with van der Waals surface area (Å²) < 4.78 is 5.92. The first kappa shape index (κ1) is 18.0. The maximum absolute atomic E-state index is 13.3. The molecule has 1 aliphatic rings. The fourth-order valence-electron chi connectivity index (χ4n) is 3.45. The van der Waals surface area contributed by atoms with Crippen LogP contribution in [0.2, 0.25) is 0 Å². The fraction of sp³-hybridized carbons (Fsp3) is 0.300. The average molecular weight is 379 g/mol. The van der Waals surface area contributed by atoms with E-state index in [-0.39, 0.29) is 23.5 Å². The third-order valence-electron chi connectivity index (χ3n) is 4.91. The minimum absolute atomic E-state index is 0.0841. The van der Waals surface area contributed by atoms with E-state index in [9.17, 15) is 9.59 Å². The van der Waals surface area contributed by atoms with Crippen molar-refractivity contribution >= 4 is 5.91 Å². The first-order valence-electron chi connectivity index (χ1n) is 9.24. The van der Waals surface area contributed by atoms with Gasteiger partial charge in [-0.05, 0) is 31.9 Å². The van der Waals surface area contributed by atoms with Crippen LogP contribution >= 0.6 is 0 Å². The van der Waals surface area contributed by atoms with E-state index in [0.29, 0.717) is 23.7 Å². The lowest BCUT2D eigenvalue weighted by atomic mass is 9.99. The highest BCUT2D eigenvalue weighted by Gasteiger charge is 2.32. The van der Waals surface area contributed by atoms with Crippen molar-refractivity contribution in [3.05, 3.63) is 70.8 Å². The number of nitrogens with one attached hydrogen (secondary N) is 1. The number of aromatic amines is 1. The first-order valence-corrected chi connectivity index (χ1v) is 9.24. The number of carbonyl (C=O) groups is 1. The van der Waals surface area contributed by atoms with E-state index in [0.717, 1.165) is 12.8 Å². The Bertz CT molecular complexity index is 1010. The number of amides is 1. The van der Waals surface area contributed by atoms with Gasteiger partial charge in [0.1, 0.15) is 6.10 Å². The third kappa shape index (κ3) is 3.66. The Balaban J connectivity index is 1.56. The predicted molar refractivity (Wildman–Crippen MR) is 103 cm³/mol. The smallest absolute Gasteiger partial charge is 0.256 e. The summed E-state index contributed by atoms with van der Waals surface area (Å²) in [6, 6.07) is 10.2. The van der Waals surface area contributed by atoms with E-state index in [1.807, 2.05) is 30.0 Å². The van der Waals surface area contributed by atoms with Crippen molar-refractivity contribution in [2.45, 2.75) is 31.9 Å². The number of hydrogen-bond donors (Lipinski definition) is 1. The third-order valence-corrected chi connectivity index (χ3v) is 4.91. The quantitative estimate of drug-likeness (QED) is 0.749. The summed E-state index contributed by atoms with van der Waals surface area (Å²) in [6.07, 6.45) is 6.15. The number of carbonyl (C=O) groups excluding carboxylic acids is 1. The van der Waals surface area contributed by atoms with Gasteiger partial charge in [-0.25, -0.2) is 0 Å². The standard InChI is InChI=1S/C20H21N5O3/c1-14-6-7-16(28-19-12-15(26)8-9-21-19)13-24(14)20(27)17-4-2-3-5-18(17)25-22-10-11-23-25/h2-5,8-12,14,16H,6-7,13H2,1H3,(H,21,26)/t14-,16-/m1/s1. The van der Waals surface area contributed by atoms with Crippen molar-refractivity contribution in [2.24, 2.45) is 0 Å². The van der Waals surface area contributed by atoms with Crippen LogP contribution in [0.3, 0.4) is 0 Å². The molecule has 1 saturated heterocycles. The largest absolute Gasteiger partial charge is 0.474 e. The second-order valence-corrected chi connectivity index (χ2v) is 6.85. The Morgan fingerprint density at radius 2 is 1.96 bits per heavy atom. The molecule has 144 valence electrons. The highest BCUT2D eigenvalue weighted by Crippen LogP contribution is 2.24. The minimum atomic E-state index is -0.187. The van der Waals surface area contributed by atoms with Gasteiger partial charge in [0.25, 0.3) is 5.91 Å². The number of ether oxygens (including phenoxy) is 1. The molecule has 0 aliphatic carbocycles. The van der Waals surface area contributed by atoms with E-state index in [1.54, 1.807) is 24.7 Å². The van der Waals surface area contributed by atoms with Gasteiger partial charge < -0.3 is 14.6 Å². The molecule has 3 aromatic rings. The topological polar surface area (TPSA) is 93.1 Å². The van der Waals surface area contributed by atoms with Gasteiger partial charge in [-0.2, -0.15) is 15.0 Å². The van der Waals surface area contributed by atoms with Crippen LogP contribution in [0.25, 0.3) is 5.69 Å². The molecule has 1 fully saturated rings. The Kier molecular flexibility index (Phi) is 4.92. The van der Waals surface area contributed by atoms with Gasteiger partial charge in [0.05, 0.1) is 30.2 Å². The number of benzene rings is 1. The van der Waals surface area contributed by atoms with Gasteiger partial charge in [-0.1, -0.05) is 12.1 Å². The Morgan fingerprint density at radius 1 is 1.18 bits per heavy atom. The van der Waals surface area contributed by atoms with Crippen LogP contribution in [0.15, 0.2) is 59.8 Å². The number of aromatic nitrogens is 4. The zero-order chi connectivity index (χ0) is 19.5. The maximum atomic E-state index is 13.3. The molecular weight excluding hydrogens is 358 g/mol. The lowest BCUT2D eigenvalue weighted by Gasteiger charge is -2.38. The number of likely N-dealkylation sites (tertiary alicyclic amines) is 1. The Labute approximate surface area is 161 Å². The molecule has 3 heterocycles. The summed E-state index contributed by atoms with van der Waals surface area (Å²) in [4.78, 5) is 31.0. The van der Waals surface area contributed by atoms with E-state index in [4.69, 9.17) is 4.74 Å². The van der Waals surface area contributed by atoms with Gasteiger partial charge in [0.2, 0.25) is 0 Å². The van der Waals surface area contributed by atoms with Crippen LogP contribution in [0, 0.1) is 0 Å². The van der Waals surface area contributed by atoms with Crippen LogP contribution in [0.1, 0.15) is 30.1 Å². The average Bonchev–Trinajstić information content (AvgIpc) is 3.24. The maximum Gasteiger partial charge on any atom is 0.256 e. The van der Waals surface area contributed by atoms with Crippen molar-refractivity contribution in [3.63, 3.8) is 0 Å². The number of pyridine rings is 1. The van der Waals surface area contributed by atoms with Crippen LogP contribution in [0.5, 0.6) is 5.88 Å². The lowest BCUT2D eigenvalue weighted by molar-refractivity contribution is 0.0372. The van der Waals surface area contributed by atoms with Crippen LogP contribution in [-0.2, 0) is 0 Å². The fourth-order valence-corrected chi connectivity index (χ4v) is 3.45. The molecule has 1 N–H and O–H groups in total. The summed E-state index contributed by atoms with van der Waals surface area (Å²) in [5.41, 5.74) is 1.06. The van der Waals surface area contributed by atoms with Gasteiger partial charge >= 0.3 is 0 Å². The molecule has 1 amide bonds. The summed E-state index contributed by atoms with van der Waals surface area (Å²) in [5, 5.41) is 8.30.